The fourth-order valence-electron chi connectivity index (χ4n) is 1.61. The van der Waals surface area contributed by atoms with Crippen LogP contribution in [-0.4, -0.2) is 16.9 Å². The molecular formula is C12H9NO3. The monoisotopic (exact) mass is 215 g/mol. The summed E-state index contributed by atoms with van der Waals surface area (Å²) >= 11 is 0. The lowest BCUT2D eigenvalue weighted by Gasteiger charge is -2.02. The molecule has 3 rings (SSSR count). The first-order valence-corrected chi connectivity index (χ1v) is 4.88. The van der Waals surface area contributed by atoms with E-state index in [1.165, 1.54) is 6.20 Å². The van der Waals surface area contributed by atoms with Gasteiger partial charge in [-0.05, 0) is 30.3 Å². The number of fused-ring (bicyclic) bond motifs is 1. The molecule has 2 heterocycles. The van der Waals surface area contributed by atoms with Crippen LogP contribution in [0.3, 0.4) is 0 Å². The van der Waals surface area contributed by atoms with Gasteiger partial charge in [0, 0.05) is 5.56 Å². The number of hydrogen-bond acceptors (Lipinski definition) is 4. The Kier molecular flexibility index (Phi) is 1.93. The molecule has 4 nitrogen and oxygen atoms in total. The lowest BCUT2D eigenvalue weighted by atomic mass is 10.1. The van der Waals surface area contributed by atoms with Gasteiger partial charge in [0.05, 0.1) is 11.9 Å². The lowest BCUT2D eigenvalue weighted by molar-refractivity contribution is 0.174. The second kappa shape index (κ2) is 3.41. The molecule has 16 heavy (non-hydrogen) atoms. The van der Waals surface area contributed by atoms with Crippen LogP contribution >= 0.6 is 0 Å². The van der Waals surface area contributed by atoms with Gasteiger partial charge in [-0.25, -0.2) is 0 Å². The fraction of sp³-hybridized carbons (Fsp3) is 0.0833. The molecule has 1 N–H and O–H groups in total. The van der Waals surface area contributed by atoms with E-state index in [1.807, 2.05) is 18.2 Å². The van der Waals surface area contributed by atoms with Gasteiger partial charge in [-0.1, -0.05) is 0 Å². The molecule has 1 aliphatic heterocycles. The predicted octanol–water partition coefficient (Wildman–Crippen LogP) is 2.18. The number of pyridine rings is 1. The van der Waals surface area contributed by atoms with Gasteiger partial charge in [-0.2, -0.15) is 0 Å². The maximum atomic E-state index is 9.15. The van der Waals surface area contributed by atoms with E-state index in [9.17, 15) is 0 Å². The quantitative estimate of drug-likeness (QED) is 0.792. The molecule has 1 aliphatic rings. The molecule has 0 bridgehead atoms. The van der Waals surface area contributed by atoms with Crippen molar-refractivity contribution in [3.63, 3.8) is 0 Å². The Balaban J connectivity index is 2.03. The van der Waals surface area contributed by atoms with Gasteiger partial charge in [-0.3, -0.25) is 4.98 Å². The number of hydrogen-bond donors (Lipinski definition) is 1. The van der Waals surface area contributed by atoms with Crippen LogP contribution in [0.5, 0.6) is 17.2 Å². The van der Waals surface area contributed by atoms with Gasteiger partial charge in [0.2, 0.25) is 6.79 Å². The molecule has 0 saturated carbocycles. The van der Waals surface area contributed by atoms with E-state index in [0.29, 0.717) is 0 Å². The van der Waals surface area contributed by atoms with Crippen LogP contribution in [0, 0.1) is 0 Å². The van der Waals surface area contributed by atoms with Gasteiger partial charge in [0.25, 0.3) is 0 Å². The fourth-order valence-corrected chi connectivity index (χ4v) is 1.61. The topological polar surface area (TPSA) is 51.6 Å². The summed E-state index contributed by atoms with van der Waals surface area (Å²) in [6, 6.07) is 9.00. The number of benzene rings is 1. The lowest BCUT2D eigenvalue weighted by Crippen LogP contribution is -1.92. The number of aromatic nitrogens is 1. The number of ether oxygens (including phenoxy) is 2. The minimum Gasteiger partial charge on any atom is -0.506 e. The molecule has 0 unspecified atom stereocenters. The highest BCUT2D eigenvalue weighted by Crippen LogP contribution is 2.35. The average molecular weight is 215 g/mol. The van der Waals surface area contributed by atoms with Crippen molar-refractivity contribution in [2.75, 3.05) is 6.79 Å². The Morgan fingerprint density at radius 3 is 2.75 bits per heavy atom. The van der Waals surface area contributed by atoms with Crippen LogP contribution in [-0.2, 0) is 0 Å². The highest BCUT2D eigenvalue weighted by atomic mass is 16.7. The molecule has 0 aliphatic carbocycles. The van der Waals surface area contributed by atoms with Crippen LogP contribution < -0.4 is 9.47 Å². The van der Waals surface area contributed by atoms with Gasteiger partial charge in [0.15, 0.2) is 11.5 Å². The Morgan fingerprint density at radius 2 is 1.94 bits per heavy atom. The summed E-state index contributed by atoms with van der Waals surface area (Å²) in [5.41, 5.74) is 1.72. The van der Waals surface area contributed by atoms with Gasteiger partial charge >= 0.3 is 0 Å². The zero-order valence-corrected chi connectivity index (χ0v) is 8.38. The zero-order chi connectivity index (χ0) is 11.0. The van der Waals surface area contributed by atoms with Crippen molar-refractivity contribution in [2.45, 2.75) is 0 Å². The molecule has 80 valence electrons. The summed E-state index contributed by atoms with van der Waals surface area (Å²) < 4.78 is 10.5. The highest BCUT2D eigenvalue weighted by molar-refractivity contribution is 5.64. The minimum absolute atomic E-state index is 0.157. The maximum Gasteiger partial charge on any atom is 0.231 e. The molecule has 0 radical (unpaired) electrons. The third-order valence-corrected chi connectivity index (χ3v) is 2.42. The second-order valence-corrected chi connectivity index (χ2v) is 3.47. The third-order valence-electron chi connectivity index (χ3n) is 2.42. The van der Waals surface area contributed by atoms with E-state index in [2.05, 4.69) is 4.98 Å². The summed E-state index contributed by atoms with van der Waals surface area (Å²) in [5.74, 6) is 1.64. The van der Waals surface area contributed by atoms with Crippen molar-refractivity contribution < 1.29 is 14.6 Å². The van der Waals surface area contributed by atoms with Crippen LogP contribution in [0.4, 0.5) is 0 Å². The van der Waals surface area contributed by atoms with Crippen LogP contribution in [0.2, 0.25) is 0 Å². The molecule has 1 aromatic carbocycles. The molecular weight excluding hydrogens is 206 g/mol. The predicted molar refractivity (Wildman–Crippen MR) is 57.5 cm³/mol. The maximum absolute atomic E-state index is 9.15. The standard InChI is InChI=1S/C12H9NO3/c14-9-2-3-10(13-6-9)8-1-4-11-12(5-8)16-7-15-11/h1-6,14H,7H2. The van der Waals surface area contributed by atoms with Crippen LogP contribution in [0.25, 0.3) is 11.3 Å². The summed E-state index contributed by atoms with van der Waals surface area (Å²) in [5, 5.41) is 9.15. The molecule has 0 fully saturated rings. The Labute approximate surface area is 92.1 Å². The third kappa shape index (κ3) is 1.44. The normalized spacial score (nSPS) is 12.8. The molecule has 4 heteroatoms. The van der Waals surface area contributed by atoms with Crippen molar-refractivity contribution in [1.29, 1.82) is 0 Å². The van der Waals surface area contributed by atoms with Crippen LogP contribution in [0.1, 0.15) is 0 Å². The largest absolute Gasteiger partial charge is 0.506 e. The number of aromatic hydroxyl groups is 1. The SMILES string of the molecule is Oc1ccc(-c2ccc3c(c2)OCO3)nc1. The summed E-state index contributed by atoms with van der Waals surface area (Å²) in [6.45, 7) is 0.266. The first-order chi connectivity index (χ1) is 7.83. The van der Waals surface area contributed by atoms with Crippen molar-refractivity contribution in [3.8, 4) is 28.5 Å². The van der Waals surface area contributed by atoms with E-state index in [4.69, 9.17) is 14.6 Å². The molecule has 0 spiro atoms. The van der Waals surface area contributed by atoms with Crippen LogP contribution in [0.15, 0.2) is 36.5 Å². The minimum atomic E-state index is 0.157. The Bertz CT molecular complexity index is 522. The van der Waals surface area contributed by atoms with Gasteiger partial charge < -0.3 is 14.6 Å². The number of nitrogens with zero attached hydrogens (tertiary/aromatic N) is 1. The Hall–Kier alpha value is -2.23. The van der Waals surface area contributed by atoms with E-state index >= 15 is 0 Å². The first-order valence-electron chi connectivity index (χ1n) is 4.88. The Morgan fingerprint density at radius 1 is 1.06 bits per heavy atom. The molecule has 0 saturated heterocycles. The van der Waals surface area contributed by atoms with E-state index < -0.39 is 0 Å². The van der Waals surface area contributed by atoms with E-state index in [1.54, 1.807) is 12.1 Å². The number of rotatable bonds is 1. The summed E-state index contributed by atoms with van der Waals surface area (Å²) in [7, 11) is 0. The van der Waals surface area contributed by atoms with Crippen molar-refractivity contribution in [1.82, 2.24) is 4.98 Å². The van der Waals surface area contributed by atoms with E-state index in [0.717, 1.165) is 22.8 Å². The first kappa shape index (κ1) is 9.03. The molecule has 0 atom stereocenters. The van der Waals surface area contributed by atoms with E-state index in [-0.39, 0.29) is 12.5 Å². The van der Waals surface area contributed by atoms with Gasteiger partial charge in [0.1, 0.15) is 5.75 Å². The van der Waals surface area contributed by atoms with Crippen molar-refractivity contribution in [2.24, 2.45) is 0 Å². The second-order valence-electron chi connectivity index (χ2n) is 3.47. The average Bonchev–Trinajstić information content (AvgIpc) is 2.77. The zero-order valence-electron chi connectivity index (χ0n) is 8.38. The molecule has 1 aromatic heterocycles. The van der Waals surface area contributed by atoms with Crippen molar-refractivity contribution >= 4 is 0 Å². The van der Waals surface area contributed by atoms with Gasteiger partial charge in [-0.15, -0.1) is 0 Å². The smallest absolute Gasteiger partial charge is 0.231 e. The summed E-state index contributed by atoms with van der Waals surface area (Å²) in [4.78, 5) is 4.13. The van der Waals surface area contributed by atoms with Crippen molar-refractivity contribution in [3.05, 3.63) is 36.5 Å². The molecule has 0 amide bonds. The summed E-state index contributed by atoms with van der Waals surface area (Å²) in [6.07, 6.45) is 1.42. The highest BCUT2D eigenvalue weighted by Gasteiger charge is 2.13. The molecule has 2 aromatic rings.